The lowest BCUT2D eigenvalue weighted by molar-refractivity contribution is -0.158. The molecule has 88 valence electrons. The molecule has 0 aromatic carbocycles. The first-order chi connectivity index (χ1) is 7.33. The van der Waals surface area contributed by atoms with E-state index in [0.717, 1.165) is 12.8 Å². The first-order valence-electron chi connectivity index (χ1n) is 5.66. The van der Waals surface area contributed by atoms with Gasteiger partial charge in [0.2, 0.25) is 0 Å². The van der Waals surface area contributed by atoms with Gasteiger partial charge in [0.25, 0.3) is 0 Å². The molecule has 3 nitrogen and oxygen atoms in total. The Hall–Kier alpha value is -0.280. The molecular weight excluding hydrogens is 216 g/mol. The van der Waals surface area contributed by atoms with Crippen LogP contribution >= 0.6 is 11.6 Å². The number of carbonyl (C=O) groups is 1. The van der Waals surface area contributed by atoms with Crippen molar-refractivity contribution in [3.05, 3.63) is 0 Å². The fourth-order valence-corrected chi connectivity index (χ4v) is 1.90. The molecule has 0 radical (unpaired) electrons. The number of esters is 1. The summed E-state index contributed by atoms with van der Waals surface area (Å²) < 4.78 is 10.3. The van der Waals surface area contributed by atoms with E-state index >= 15 is 0 Å². The average molecular weight is 235 g/mol. The monoisotopic (exact) mass is 234 g/mol. The number of alkyl halides is 1. The number of hydrogen-bond donors (Lipinski definition) is 0. The van der Waals surface area contributed by atoms with Gasteiger partial charge in [-0.25, -0.2) is 0 Å². The Morgan fingerprint density at radius 2 is 1.73 bits per heavy atom. The summed E-state index contributed by atoms with van der Waals surface area (Å²) >= 11 is 5.29. The van der Waals surface area contributed by atoms with Gasteiger partial charge in [0.15, 0.2) is 6.79 Å². The van der Waals surface area contributed by atoms with Gasteiger partial charge in [0.1, 0.15) is 5.88 Å². The molecule has 0 heterocycles. The highest BCUT2D eigenvalue weighted by molar-refractivity contribution is 6.26. The summed E-state index contributed by atoms with van der Waals surface area (Å²) in [6.07, 6.45) is 8.78. The van der Waals surface area contributed by atoms with Crippen LogP contribution in [0.5, 0.6) is 0 Å². The minimum absolute atomic E-state index is 0.0518. The van der Waals surface area contributed by atoms with Crippen molar-refractivity contribution in [3.8, 4) is 0 Å². The summed E-state index contributed by atoms with van der Waals surface area (Å²) in [5.74, 6) is -0.517. The van der Waals surface area contributed by atoms with E-state index in [1.807, 2.05) is 0 Å². The van der Waals surface area contributed by atoms with E-state index in [-0.39, 0.29) is 18.8 Å². The van der Waals surface area contributed by atoms with Crippen LogP contribution in [-0.2, 0) is 14.3 Å². The fourth-order valence-electron chi connectivity index (χ4n) is 1.82. The van der Waals surface area contributed by atoms with Crippen molar-refractivity contribution in [2.24, 2.45) is 0 Å². The highest BCUT2D eigenvalue weighted by Crippen LogP contribution is 2.19. The molecule has 0 aliphatic heterocycles. The van der Waals surface area contributed by atoms with Crippen molar-refractivity contribution in [1.29, 1.82) is 0 Å². The van der Waals surface area contributed by atoms with Crippen LogP contribution in [0.1, 0.15) is 44.9 Å². The highest BCUT2D eigenvalue weighted by atomic mass is 35.5. The molecular formula is C11H19ClO3. The maximum absolute atomic E-state index is 10.7. The Labute approximate surface area is 96.1 Å². The number of halogens is 1. The fraction of sp³-hybridized carbons (Fsp3) is 0.909. The maximum Gasteiger partial charge on any atom is 0.322 e. The lowest BCUT2D eigenvalue weighted by Gasteiger charge is -2.19. The van der Waals surface area contributed by atoms with Crippen LogP contribution in [0, 0.1) is 0 Å². The molecule has 0 atom stereocenters. The second kappa shape index (κ2) is 7.94. The summed E-state index contributed by atoms with van der Waals surface area (Å²) in [6.45, 7) is 0.0518. The number of rotatable bonds is 4. The predicted octanol–water partition coefficient (Wildman–Crippen LogP) is 2.86. The van der Waals surface area contributed by atoms with Crippen LogP contribution in [-0.4, -0.2) is 24.7 Å². The van der Waals surface area contributed by atoms with Gasteiger partial charge in [0.05, 0.1) is 6.10 Å². The highest BCUT2D eigenvalue weighted by Gasteiger charge is 2.12. The second-order valence-electron chi connectivity index (χ2n) is 3.90. The van der Waals surface area contributed by atoms with Gasteiger partial charge in [-0.15, -0.1) is 11.6 Å². The summed E-state index contributed by atoms with van der Waals surface area (Å²) in [6, 6.07) is 0. The number of carbonyl (C=O) groups excluding carboxylic acids is 1. The molecule has 0 saturated heterocycles. The van der Waals surface area contributed by atoms with E-state index in [9.17, 15) is 4.79 Å². The molecule has 0 aromatic heterocycles. The Morgan fingerprint density at radius 3 is 2.33 bits per heavy atom. The van der Waals surface area contributed by atoms with Crippen molar-refractivity contribution < 1.29 is 14.3 Å². The van der Waals surface area contributed by atoms with Crippen molar-refractivity contribution >= 4 is 17.6 Å². The predicted molar refractivity (Wildman–Crippen MR) is 58.9 cm³/mol. The van der Waals surface area contributed by atoms with Gasteiger partial charge in [-0.05, 0) is 12.8 Å². The molecule has 0 amide bonds. The summed E-state index contributed by atoms with van der Waals surface area (Å²) in [5, 5.41) is 0. The van der Waals surface area contributed by atoms with Gasteiger partial charge in [-0.1, -0.05) is 32.1 Å². The molecule has 0 bridgehead atoms. The molecule has 1 aliphatic carbocycles. The van der Waals surface area contributed by atoms with E-state index < -0.39 is 5.97 Å². The molecule has 0 spiro atoms. The van der Waals surface area contributed by atoms with Gasteiger partial charge in [0, 0.05) is 0 Å². The lowest BCUT2D eigenvalue weighted by atomic mass is 9.99. The molecule has 15 heavy (non-hydrogen) atoms. The number of ether oxygens (including phenoxy) is 2. The minimum atomic E-state index is -0.414. The van der Waals surface area contributed by atoms with E-state index in [4.69, 9.17) is 21.1 Å². The SMILES string of the molecule is O=C(CCl)OCOC1CCCCCCC1. The topological polar surface area (TPSA) is 35.5 Å². The summed E-state index contributed by atoms with van der Waals surface area (Å²) in [7, 11) is 0. The van der Waals surface area contributed by atoms with Crippen LogP contribution in [0.2, 0.25) is 0 Å². The van der Waals surface area contributed by atoms with Gasteiger partial charge >= 0.3 is 5.97 Å². The van der Waals surface area contributed by atoms with Crippen LogP contribution in [0.4, 0.5) is 0 Å². The lowest BCUT2D eigenvalue weighted by Crippen LogP contribution is -2.18. The van der Waals surface area contributed by atoms with Crippen LogP contribution in [0.3, 0.4) is 0 Å². The van der Waals surface area contributed by atoms with Gasteiger partial charge in [-0.2, -0.15) is 0 Å². The van der Waals surface area contributed by atoms with Gasteiger partial charge < -0.3 is 9.47 Å². The molecule has 0 aromatic rings. The van der Waals surface area contributed by atoms with Crippen molar-refractivity contribution in [3.63, 3.8) is 0 Å². The molecule has 1 saturated carbocycles. The largest absolute Gasteiger partial charge is 0.438 e. The zero-order valence-electron chi connectivity index (χ0n) is 9.04. The minimum Gasteiger partial charge on any atom is -0.438 e. The molecule has 0 unspecified atom stereocenters. The zero-order valence-corrected chi connectivity index (χ0v) is 9.80. The van der Waals surface area contributed by atoms with Crippen LogP contribution in [0.15, 0.2) is 0 Å². The standard InChI is InChI=1S/C11H19ClO3/c12-8-11(13)15-9-14-10-6-4-2-1-3-5-7-10/h10H,1-9H2. The van der Waals surface area contributed by atoms with E-state index in [1.165, 1.54) is 32.1 Å². The summed E-state index contributed by atoms with van der Waals surface area (Å²) in [4.78, 5) is 10.7. The van der Waals surface area contributed by atoms with E-state index in [0.29, 0.717) is 0 Å². The number of hydrogen-bond acceptors (Lipinski definition) is 3. The van der Waals surface area contributed by atoms with E-state index in [1.54, 1.807) is 0 Å². The average Bonchev–Trinajstić information content (AvgIpc) is 2.20. The molecule has 1 aliphatic rings. The van der Waals surface area contributed by atoms with Gasteiger partial charge in [-0.3, -0.25) is 4.79 Å². The Bertz CT molecular complexity index is 177. The quantitative estimate of drug-likeness (QED) is 0.426. The third-order valence-electron chi connectivity index (χ3n) is 2.68. The van der Waals surface area contributed by atoms with Crippen LogP contribution < -0.4 is 0 Å². The van der Waals surface area contributed by atoms with E-state index in [2.05, 4.69) is 0 Å². The molecule has 1 rings (SSSR count). The first-order valence-corrected chi connectivity index (χ1v) is 6.19. The van der Waals surface area contributed by atoms with Crippen molar-refractivity contribution in [2.75, 3.05) is 12.7 Å². The molecule has 4 heteroatoms. The van der Waals surface area contributed by atoms with Crippen LogP contribution in [0.25, 0.3) is 0 Å². The third-order valence-corrected chi connectivity index (χ3v) is 2.90. The second-order valence-corrected chi connectivity index (χ2v) is 4.17. The summed E-state index contributed by atoms with van der Waals surface area (Å²) in [5.41, 5.74) is 0. The zero-order chi connectivity index (χ0) is 10.9. The Kier molecular flexibility index (Phi) is 6.77. The third kappa shape index (κ3) is 6.00. The molecule has 1 fully saturated rings. The Balaban J connectivity index is 2.09. The van der Waals surface area contributed by atoms with Crippen molar-refractivity contribution in [1.82, 2.24) is 0 Å². The normalized spacial score (nSPS) is 19.3. The first kappa shape index (κ1) is 12.8. The smallest absolute Gasteiger partial charge is 0.322 e. The Morgan fingerprint density at radius 1 is 1.13 bits per heavy atom. The molecule has 0 N–H and O–H groups in total. The van der Waals surface area contributed by atoms with Crippen molar-refractivity contribution in [2.45, 2.75) is 51.0 Å². The maximum atomic E-state index is 10.7.